The van der Waals surface area contributed by atoms with Crippen LogP contribution in [0, 0.1) is 0 Å². The number of aryl methyl sites for hydroxylation is 1. The molecule has 7 nitrogen and oxygen atoms in total. The average molecular weight is 365 g/mol. The molecule has 1 saturated heterocycles. The molecule has 3 amide bonds. The lowest BCUT2D eigenvalue weighted by Gasteiger charge is -2.18. The van der Waals surface area contributed by atoms with Crippen LogP contribution in [0.4, 0.5) is 4.79 Å². The van der Waals surface area contributed by atoms with E-state index in [0.717, 1.165) is 27.8 Å². The summed E-state index contributed by atoms with van der Waals surface area (Å²) < 4.78 is 5.30. The second-order valence-corrected chi connectivity index (χ2v) is 6.74. The maximum Gasteiger partial charge on any atom is 0.325 e. The highest BCUT2D eigenvalue weighted by Gasteiger charge is 2.51. The third kappa shape index (κ3) is 2.54. The molecule has 3 aromatic rings. The van der Waals surface area contributed by atoms with Gasteiger partial charge < -0.3 is 14.7 Å². The van der Waals surface area contributed by atoms with Crippen LogP contribution in [0.25, 0.3) is 10.9 Å². The van der Waals surface area contributed by atoms with E-state index in [1.54, 1.807) is 25.3 Å². The number of para-hydroxylation sites is 1. The number of furan rings is 1. The van der Waals surface area contributed by atoms with Gasteiger partial charge in [0.1, 0.15) is 5.76 Å². The van der Waals surface area contributed by atoms with E-state index in [9.17, 15) is 14.4 Å². The van der Waals surface area contributed by atoms with E-state index in [1.165, 1.54) is 6.26 Å². The third-order valence-corrected chi connectivity index (χ3v) is 5.07. The largest absolute Gasteiger partial charge is 0.466 e. The van der Waals surface area contributed by atoms with Crippen LogP contribution in [0.5, 0.6) is 0 Å². The van der Waals surface area contributed by atoms with Gasteiger partial charge in [-0.25, -0.2) is 4.79 Å². The number of urea groups is 1. The van der Waals surface area contributed by atoms with Crippen LogP contribution < -0.4 is 5.32 Å². The van der Waals surface area contributed by atoms with E-state index in [0.29, 0.717) is 11.3 Å². The number of nitrogens with one attached hydrogen (secondary N) is 2. The van der Waals surface area contributed by atoms with Gasteiger partial charge >= 0.3 is 6.03 Å². The van der Waals surface area contributed by atoms with Crippen molar-refractivity contribution in [2.24, 2.45) is 0 Å². The molecule has 2 N–H and O–H groups in total. The summed E-state index contributed by atoms with van der Waals surface area (Å²) in [6.07, 6.45) is 3.90. The summed E-state index contributed by atoms with van der Waals surface area (Å²) in [4.78, 5) is 42.1. The maximum atomic E-state index is 12.8. The number of benzene rings is 1. The molecule has 0 aliphatic carbocycles. The van der Waals surface area contributed by atoms with Crippen molar-refractivity contribution in [2.75, 3.05) is 6.54 Å². The van der Waals surface area contributed by atoms with E-state index in [2.05, 4.69) is 10.3 Å². The number of imide groups is 1. The lowest BCUT2D eigenvalue weighted by atomic mass is 9.99. The van der Waals surface area contributed by atoms with Crippen LogP contribution in [0.2, 0.25) is 0 Å². The topological polar surface area (TPSA) is 95.4 Å². The zero-order chi connectivity index (χ0) is 19.2. The maximum absolute atomic E-state index is 12.8. The lowest BCUT2D eigenvalue weighted by molar-refractivity contribution is -0.131. The van der Waals surface area contributed by atoms with Crippen molar-refractivity contribution in [1.82, 2.24) is 15.2 Å². The first-order chi connectivity index (χ1) is 13.0. The quantitative estimate of drug-likeness (QED) is 0.537. The van der Waals surface area contributed by atoms with Crippen molar-refractivity contribution in [2.45, 2.75) is 25.8 Å². The zero-order valence-electron chi connectivity index (χ0n) is 15.0. The number of aromatic amines is 1. The van der Waals surface area contributed by atoms with Gasteiger partial charge in [0.2, 0.25) is 0 Å². The minimum Gasteiger partial charge on any atom is -0.466 e. The van der Waals surface area contributed by atoms with Gasteiger partial charge in [0, 0.05) is 22.7 Å². The van der Waals surface area contributed by atoms with E-state index in [4.69, 9.17) is 4.42 Å². The first-order valence-electron chi connectivity index (χ1n) is 8.76. The van der Waals surface area contributed by atoms with Gasteiger partial charge in [-0.05, 0) is 31.0 Å². The number of hydrogen-bond acceptors (Lipinski definition) is 4. The number of hydrogen-bond donors (Lipinski definition) is 2. The van der Waals surface area contributed by atoms with Crippen LogP contribution >= 0.6 is 0 Å². The second kappa shape index (κ2) is 6.12. The second-order valence-electron chi connectivity index (χ2n) is 6.74. The van der Waals surface area contributed by atoms with Gasteiger partial charge in [-0.2, -0.15) is 0 Å². The summed E-state index contributed by atoms with van der Waals surface area (Å²) in [6.45, 7) is 3.28. The average Bonchev–Trinajstić information content (AvgIpc) is 3.37. The van der Waals surface area contributed by atoms with Crippen molar-refractivity contribution >= 4 is 28.6 Å². The molecule has 4 rings (SSSR count). The Bertz CT molecular complexity index is 1050. The standard InChI is InChI=1S/C20H19N3O4/c1-3-12-6-4-7-13-14(10-21-17(12)13)15(24)11-23-18(25)20(2,22-19(23)26)16-8-5-9-27-16/h4-10,21H,3,11H2,1-2H3,(H,22,26). The fraction of sp³-hybridized carbons (Fsp3) is 0.250. The molecule has 1 fully saturated rings. The Balaban J connectivity index is 1.62. The fourth-order valence-electron chi connectivity index (χ4n) is 3.54. The number of amides is 3. The fourth-order valence-corrected chi connectivity index (χ4v) is 3.54. The molecule has 27 heavy (non-hydrogen) atoms. The molecule has 3 heterocycles. The minimum atomic E-state index is -1.31. The highest BCUT2D eigenvalue weighted by molar-refractivity contribution is 6.14. The van der Waals surface area contributed by atoms with Crippen molar-refractivity contribution in [1.29, 1.82) is 0 Å². The molecule has 1 aliphatic heterocycles. The van der Waals surface area contributed by atoms with Gasteiger partial charge in [0.05, 0.1) is 12.8 Å². The summed E-state index contributed by atoms with van der Waals surface area (Å²) in [6, 6.07) is 8.41. The van der Waals surface area contributed by atoms with Crippen molar-refractivity contribution in [3.05, 3.63) is 59.7 Å². The van der Waals surface area contributed by atoms with Crippen LogP contribution in [0.15, 0.2) is 47.2 Å². The van der Waals surface area contributed by atoms with Gasteiger partial charge in [0.15, 0.2) is 11.3 Å². The van der Waals surface area contributed by atoms with Crippen LogP contribution in [-0.4, -0.2) is 34.2 Å². The molecule has 0 bridgehead atoms. The summed E-state index contributed by atoms with van der Waals surface area (Å²) in [5.41, 5.74) is 1.16. The molecule has 2 aromatic heterocycles. The SMILES string of the molecule is CCc1cccc2c(C(=O)CN3C(=O)NC(C)(c4ccco4)C3=O)c[nH]c12. The van der Waals surface area contributed by atoms with Crippen LogP contribution in [0.1, 0.15) is 35.5 Å². The smallest absolute Gasteiger partial charge is 0.325 e. The monoisotopic (exact) mass is 365 g/mol. The Morgan fingerprint density at radius 1 is 1.22 bits per heavy atom. The van der Waals surface area contributed by atoms with Gasteiger partial charge in [-0.1, -0.05) is 25.1 Å². The number of ketones is 1. The number of rotatable bonds is 5. The number of Topliss-reactive ketones (excluding diaryl/α,β-unsaturated/α-hetero) is 1. The van der Waals surface area contributed by atoms with Crippen molar-refractivity contribution in [3.63, 3.8) is 0 Å². The summed E-state index contributed by atoms with van der Waals surface area (Å²) in [5.74, 6) is -0.484. The summed E-state index contributed by atoms with van der Waals surface area (Å²) in [5, 5.41) is 3.41. The lowest BCUT2D eigenvalue weighted by Crippen LogP contribution is -2.41. The highest BCUT2D eigenvalue weighted by Crippen LogP contribution is 2.30. The molecular weight excluding hydrogens is 346 g/mol. The van der Waals surface area contributed by atoms with Gasteiger partial charge in [-0.15, -0.1) is 0 Å². The van der Waals surface area contributed by atoms with Crippen molar-refractivity contribution in [3.8, 4) is 0 Å². The first-order valence-corrected chi connectivity index (χ1v) is 8.76. The molecule has 1 aromatic carbocycles. The highest BCUT2D eigenvalue weighted by atomic mass is 16.3. The molecule has 1 aliphatic rings. The molecule has 0 radical (unpaired) electrons. The normalized spacial score (nSPS) is 19.7. The van der Waals surface area contributed by atoms with Crippen LogP contribution in [0.3, 0.4) is 0 Å². The molecule has 138 valence electrons. The third-order valence-electron chi connectivity index (χ3n) is 5.07. The molecule has 1 unspecified atom stereocenters. The molecule has 0 spiro atoms. The van der Waals surface area contributed by atoms with E-state index < -0.39 is 17.5 Å². The Labute approximate surface area is 155 Å². The van der Waals surface area contributed by atoms with E-state index >= 15 is 0 Å². The molecule has 1 atom stereocenters. The summed E-state index contributed by atoms with van der Waals surface area (Å²) >= 11 is 0. The van der Waals surface area contributed by atoms with E-state index in [-0.39, 0.29) is 12.3 Å². The Hall–Kier alpha value is -3.35. The number of aromatic nitrogens is 1. The first kappa shape index (κ1) is 17.1. The predicted octanol–water partition coefficient (Wildman–Crippen LogP) is 2.97. The molecule has 7 heteroatoms. The molecular formula is C20H19N3O4. The van der Waals surface area contributed by atoms with Crippen molar-refractivity contribution < 1.29 is 18.8 Å². The van der Waals surface area contributed by atoms with E-state index in [1.807, 2.05) is 25.1 Å². The Morgan fingerprint density at radius 3 is 2.74 bits per heavy atom. The Kier molecular flexibility index (Phi) is 3.87. The minimum absolute atomic E-state index is 0.304. The Morgan fingerprint density at radius 2 is 2.04 bits per heavy atom. The number of H-pyrrole nitrogens is 1. The van der Waals surface area contributed by atoms with Gasteiger partial charge in [-0.3, -0.25) is 14.5 Å². The van der Waals surface area contributed by atoms with Crippen LogP contribution in [-0.2, 0) is 16.8 Å². The summed E-state index contributed by atoms with van der Waals surface area (Å²) in [7, 11) is 0. The number of fused-ring (bicyclic) bond motifs is 1. The number of carbonyl (C=O) groups is 3. The number of nitrogens with zero attached hydrogens (tertiary/aromatic N) is 1. The number of carbonyl (C=O) groups excluding carboxylic acids is 3. The predicted molar refractivity (Wildman–Crippen MR) is 98.3 cm³/mol. The molecule has 0 saturated carbocycles. The van der Waals surface area contributed by atoms with Gasteiger partial charge in [0.25, 0.3) is 5.91 Å². The zero-order valence-corrected chi connectivity index (χ0v) is 15.0.